The minimum absolute atomic E-state index is 0.137. The molecule has 0 unspecified atom stereocenters. The van der Waals surface area contributed by atoms with E-state index in [0.29, 0.717) is 36.6 Å². The van der Waals surface area contributed by atoms with Crippen LogP contribution >= 0.6 is 0 Å². The lowest BCUT2D eigenvalue weighted by atomic mass is 9.79. The average molecular weight is 503 g/mol. The van der Waals surface area contributed by atoms with E-state index in [2.05, 4.69) is 34.7 Å². The molecule has 6 heteroatoms. The van der Waals surface area contributed by atoms with Crippen molar-refractivity contribution in [3.8, 4) is 17.6 Å². The third-order valence-corrected chi connectivity index (χ3v) is 7.49. The van der Waals surface area contributed by atoms with Crippen LogP contribution in [0.5, 0.6) is 5.75 Å². The molecule has 0 radical (unpaired) electrons. The summed E-state index contributed by atoms with van der Waals surface area (Å²) in [6.45, 7) is 4.40. The Bertz CT molecular complexity index is 1280. The van der Waals surface area contributed by atoms with Gasteiger partial charge in [0.2, 0.25) is 0 Å². The van der Waals surface area contributed by atoms with Crippen molar-refractivity contribution in [2.75, 3.05) is 26.7 Å². The maximum absolute atomic E-state index is 15.5. The van der Waals surface area contributed by atoms with Crippen molar-refractivity contribution >= 4 is 16.9 Å². The molecule has 2 aromatic carbocycles. The minimum Gasteiger partial charge on any atom is -0.497 e. The molecule has 2 heterocycles. The zero-order valence-corrected chi connectivity index (χ0v) is 21.6. The lowest BCUT2D eigenvalue weighted by molar-refractivity contribution is -0.137. The first-order valence-electron chi connectivity index (χ1n) is 13.0. The number of carboxylic acids is 1. The first kappa shape index (κ1) is 26.6. The molecule has 0 aliphatic carbocycles. The van der Waals surface area contributed by atoms with Gasteiger partial charge in [0.25, 0.3) is 0 Å². The fourth-order valence-corrected chi connectivity index (χ4v) is 5.34. The molecule has 0 amide bonds. The first-order valence-corrected chi connectivity index (χ1v) is 13.0. The minimum atomic E-state index is -1.12. The molecule has 1 saturated heterocycles. The van der Waals surface area contributed by atoms with Crippen molar-refractivity contribution in [3.05, 3.63) is 71.4 Å². The van der Waals surface area contributed by atoms with Gasteiger partial charge in [-0.05, 0) is 92.4 Å². The molecule has 3 atom stereocenters. The van der Waals surface area contributed by atoms with Crippen LogP contribution < -0.4 is 4.74 Å². The number of piperidine rings is 1. The molecular weight excluding hydrogens is 467 g/mol. The number of aryl methyl sites for hydroxylation is 1. The van der Waals surface area contributed by atoms with E-state index in [9.17, 15) is 9.90 Å². The van der Waals surface area contributed by atoms with Crippen LogP contribution in [0.25, 0.3) is 10.9 Å². The van der Waals surface area contributed by atoms with E-state index < -0.39 is 12.1 Å². The number of pyridine rings is 1. The molecule has 4 rings (SSSR count). The molecule has 5 nitrogen and oxygen atoms in total. The molecular formula is C31H35FN2O3. The summed E-state index contributed by atoms with van der Waals surface area (Å²) in [6, 6.07) is 15.4. The van der Waals surface area contributed by atoms with E-state index in [1.54, 1.807) is 19.4 Å². The Hall–Kier alpha value is -3.43. The number of hydrogen-bond donors (Lipinski definition) is 1. The number of aliphatic carboxylic acids is 1. The highest BCUT2D eigenvalue weighted by Crippen LogP contribution is 2.36. The van der Waals surface area contributed by atoms with Gasteiger partial charge in [0.05, 0.1) is 19.2 Å². The summed E-state index contributed by atoms with van der Waals surface area (Å²) >= 11 is 0. The number of likely N-dealkylation sites (tertiary alicyclic amines) is 1. The maximum atomic E-state index is 15.5. The topological polar surface area (TPSA) is 62.7 Å². The highest BCUT2D eigenvalue weighted by Gasteiger charge is 2.30. The van der Waals surface area contributed by atoms with Gasteiger partial charge in [0.1, 0.15) is 11.9 Å². The molecule has 0 bridgehead atoms. The monoisotopic (exact) mass is 502 g/mol. The fraction of sp³-hybridized carbons (Fsp3) is 0.419. The largest absolute Gasteiger partial charge is 0.497 e. The number of carbonyl (C=O) groups is 1. The lowest BCUT2D eigenvalue weighted by Gasteiger charge is -2.38. The molecule has 1 aliphatic heterocycles. The average Bonchev–Trinajstić information content (AvgIpc) is 2.91. The maximum Gasteiger partial charge on any atom is 0.303 e. The zero-order valence-electron chi connectivity index (χ0n) is 21.6. The van der Waals surface area contributed by atoms with Crippen LogP contribution in [-0.4, -0.2) is 47.7 Å². The Labute approximate surface area is 218 Å². The van der Waals surface area contributed by atoms with E-state index in [1.807, 2.05) is 36.4 Å². The van der Waals surface area contributed by atoms with Gasteiger partial charge in [-0.2, -0.15) is 0 Å². The zero-order chi connectivity index (χ0) is 26.2. The van der Waals surface area contributed by atoms with Gasteiger partial charge in [-0.25, -0.2) is 4.39 Å². The fourth-order valence-electron chi connectivity index (χ4n) is 5.34. The van der Waals surface area contributed by atoms with Crippen molar-refractivity contribution in [2.24, 2.45) is 11.8 Å². The van der Waals surface area contributed by atoms with Gasteiger partial charge >= 0.3 is 5.97 Å². The van der Waals surface area contributed by atoms with E-state index >= 15 is 4.39 Å². The summed E-state index contributed by atoms with van der Waals surface area (Å²) in [5, 5.41) is 10.1. The number of aromatic nitrogens is 1. The number of carboxylic acid groups (broad SMARTS) is 1. The third kappa shape index (κ3) is 7.08. The number of rotatable bonds is 9. The van der Waals surface area contributed by atoms with Crippen molar-refractivity contribution < 1.29 is 19.0 Å². The smallest absolute Gasteiger partial charge is 0.303 e. The number of nitrogens with zero attached hydrogens (tertiary/aromatic N) is 2. The second-order valence-corrected chi connectivity index (χ2v) is 9.92. The van der Waals surface area contributed by atoms with Gasteiger partial charge in [-0.3, -0.25) is 14.7 Å². The number of alkyl halides is 1. The molecule has 3 aromatic rings. The summed E-state index contributed by atoms with van der Waals surface area (Å²) in [6.07, 6.45) is 3.33. The second-order valence-electron chi connectivity index (χ2n) is 9.92. The van der Waals surface area contributed by atoms with Gasteiger partial charge in [-0.1, -0.05) is 30.0 Å². The molecule has 1 aliphatic rings. The Balaban J connectivity index is 1.40. The van der Waals surface area contributed by atoms with Crippen LogP contribution in [0.15, 0.2) is 54.7 Å². The van der Waals surface area contributed by atoms with Crippen LogP contribution in [-0.2, 0) is 4.79 Å². The van der Waals surface area contributed by atoms with Gasteiger partial charge in [0.15, 0.2) is 0 Å². The molecule has 0 spiro atoms. The number of benzene rings is 2. The normalized spacial score (nSPS) is 18.7. The Morgan fingerprint density at radius 1 is 1.22 bits per heavy atom. The first-order chi connectivity index (χ1) is 17.9. The Kier molecular flexibility index (Phi) is 9.14. The van der Waals surface area contributed by atoms with E-state index in [4.69, 9.17) is 4.74 Å². The summed E-state index contributed by atoms with van der Waals surface area (Å²) in [7, 11) is 1.60. The van der Waals surface area contributed by atoms with E-state index in [1.165, 1.54) is 0 Å². The molecule has 1 fully saturated rings. The van der Waals surface area contributed by atoms with Crippen LogP contribution in [0.4, 0.5) is 4.39 Å². The Morgan fingerprint density at radius 2 is 2.05 bits per heavy atom. The van der Waals surface area contributed by atoms with Crippen LogP contribution in [0.2, 0.25) is 0 Å². The number of halogens is 1. The van der Waals surface area contributed by atoms with Gasteiger partial charge in [-0.15, -0.1) is 0 Å². The number of ether oxygens (including phenoxy) is 1. The van der Waals surface area contributed by atoms with E-state index in [-0.39, 0.29) is 12.3 Å². The molecule has 194 valence electrons. The predicted molar refractivity (Wildman–Crippen MR) is 144 cm³/mol. The summed E-state index contributed by atoms with van der Waals surface area (Å²) in [4.78, 5) is 18.0. The SMILES string of the molecule is COc1ccc2nccc([C@H](F)CC[C@@H]3CCN(CC#Cc4ccccc4C)C[C@H]3CCC(=O)O)c2c1. The summed E-state index contributed by atoms with van der Waals surface area (Å²) in [5.74, 6) is 6.97. The molecule has 0 saturated carbocycles. The van der Waals surface area contributed by atoms with Gasteiger partial charge in [0, 0.05) is 30.1 Å². The van der Waals surface area contributed by atoms with Crippen molar-refractivity contribution in [2.45, 2.75) is 45.2 Å². The highest BCUT2D eigenvalue weighted by molar-refractivity contribution is 5.83. The number of hydrogen-bond acceptors (Lipinski definition) is 4. The van der Waals surface area contributed by atoms with Crippen molar-refractivity contribution in [3.63, 3.8) is 0 Å². The summed E-state index contributed by atoms with van der Waals surface area (Å²) < 4.78 is 20.9. The summed E-state index contributed by atoms with van der Waals surface area (Å²) in [5.41, 5.74) is 3.58. The quantitative estimate of drug-likeness (QED) is 0.353. The lowest BCUT2D eigenvalue weighted by Crippen LogP contribution is -2.41. The van der Waals surface area contributed by atoms with Crippen molar-refractivity contribution in [1.82, 2.24) is 9.88 Å². The van der Waals surface area contributed by atoms with Gasteiger partial charge < -0.3 is 9.84 Å². The predicted octanol–water partition coefficient (Wildman–Crippen LogP) is 6.20. The highest BCUT2D eigenvalue weighted by atomic mass is 19.1. The van der Waals surface area contributed by atoms with E-state index in [0.717, 1.165) is 48.0 Å². The molecule has 37 heavy (non-hydrogen) atoms. The standard InChI is InChI=1S/C31H35FN2O3/c1-22-6-3-4-7-23(22)8-5-18-34-19-16-24(25(21-34)10-14-31(35)36)9-12-29(32)27-15-17-33-30-13-11-26(37-2)20-28(27)30/h3-4,6-7,11,13,15,17,20,24-25,29H,9-10,12,14,16,18-19,21H2,1-2H3,(H,35,36)/t24-,25-,29-/m1/s1. The molecule has 1 aromatic heterocycles. The van der Waals surface area contributed by atoms with Crippen LogP contribution in [0.3, 0.4) is 0 Å². The van der Waals surface area contributed by atoms with Crippen LogP contribution in [0, 0.1) is 30.6 Å². The number of fused-ring (bicyclic) bond motifs is 1. The van der Waals surface area contributed by atoms with Crippen LogP contribution in [0.1, 0.15) is 55.0 Å². The second kappa shape index (κ2) is 12.7. The van der Waals surface area contributed by atoms with Crippen molar-refractivity contribution in [1.29, 1.82) is 0 Å². The molecule has 1 N–H and O–H groups in total. The third-order valence-electron chi connectivity index (χ3n) is 7.49. The number of methoxy groups -OCH3 is 1. The Morgan fingerprint density at radius 3 is 2.84 bits per heavy atom.